The van der Waals surface area contributed by atoms with Crippen LogP contribution < -0.4 is 10.1 Å². The van der Waals surface area contributed by atoms with Crippen LogP contribution in [0, 0.1) is 6.92 Å². The first-order valence-electron chi connectivity index (χ1n) is 6.61. The summed E-state index contributed by atoms with van der Waals surface area (Å²) in [5.41, 5.74) is 2.12. The van der Waals surface area contributed by atoms with Crippen LogP contribution in [-0.2, 0) is 0 Å². The van der Waals surface area contributed by atoms with Gasteiger partial charge in [-0.25, -0.2) is 0 Å². The molecule has 0 bridgehead atoms. The highest BCUT2D eigenvalue weighted by atomic mass is 79.9. The molecule has 2 aromatic carbocycles. The Labute approximate surface area is 141 Å². The highest BCUT2D eigenvalue weighted by Crippen LogP contribution is 2.25. The maximum atomic E-state index is 9.99. The molecule has 3 nitrogen and oxygen atoms in total. The molecule has 2 N–H and O–H groups in total. The fourth-order valence-corrected chi connectivity index (χ4v) is 2.60. The lowest BCUT2D eigenvalue weighted by Gasteiger charge is -2.15. The number of aliphatic hydroxyl groups is 1. The molecule has 0 aliphatic carbocycles. The van der Waals surface area contributed by atoms with Crippen LogP contribution in [0.15, 0.2) is 51.4 Å². The number of benzene rings is 2. The fourth-order valence-electron chi connectivity index (χ4n) is 1.82. The van der Waals surface area contributed by atoms with Gasteiger partial charge in [-0.1, -0.05) is 34.1 Å². The molecule has 0 fully saturated rings. The molecule has 0 saturated carbocycles. The molecular formula is C16H17Br2NO2. The molecule has 0 spiro atoms. The minimum absolute atomic E-state index is 0.243. The summed E-state index contributed by atoms with van der Waals surface area (Å²) in [6.45, 7) is 2.70. The molecule has 2 rings (SSSR count). The van der Waals surface area contributed by atoms with Crippen molar-refractivity contribution in [3.05, 3.63) is 57.0 Å². The molecule has 1 unspecified atom stereocenters. The Morgan fingerprint density at radius 1 is 1.19 bits per heavy atom. The van der Waals surface area contributed by atoms with Gasteiger partial charge < -0.3 is 15.2 Å². The Kier molecular flexibility index (Phi) is 6.08. The van der Waals surface area contributed by atoms with Gasteiger partial charge in [-0.05, 0) is 52.7 Å². The van der Waals surface area contributed by atoms with E-state index in [4.69, 9.17) is 4.74 Å². The topological polar surface area (TPSA) is 41.5 Å². The fraction of sp³-hybridized carbons (Fsp3) is 0.250. The maximum Gasteiger partial charge on any atom is 0.120 e. The predicted molar refractivity (Wildman–Crippen MR) is 93.0 cm³/mol. The number of nitrogens with one attached hydrogen (secondary N) is 1. The van der Waals surface area contributed by atoms with Crippen LogP contribution in [0.3, 0.4) is 0 Å². The third-order valence-corrected chi connectivity index (χ3v) is 4.50. The van der Waals surface area contributed by atoms with E-state index >= 15 is 0 Å². The van der Waals surface area contributed by atoms with Crippen molar-refractivity contribution >= 4 is 37.5 Å². The van der Waals surface area contributed by atoms with Crippen molar-refractivity contribution in [2.24, 2.45) is 0 Å². The van der Waals surface area contributed by atoms with Crippen LogP contribution in [0.5, 0.6) is 5.75 Å². The van der Waals surface area contributed by atoms with Crippen molar-refractivity contribution in [2.45, 2.75) is 13.0 Å². The van der Waals surface area contributed by atoms with Gasteiger partial charge in [0.1, 0.15) is 18.5 Å². The Bertz CT molecular complexity index is 605. The van der Waals surface area contributed by atoms with E-state index in [2.05, 4.69) is 37.2 Å². The number of ether oxygens (including phenoxy) is 1. The van der Waals surface area contributed by atoms with E-state index in [1.165, 1.54) is 0 Å². The quantitative estimate of drug-likeness (QED) is 0.737. The predicted octanol–water partition coefficient (Wildman–Crippen LogP) is 4.37. The zero-order chi connectivity index (χ0) is 15.2. The van der Waals surface area contributed by atoms with Gasteiger partial charge >= 0.3 is 0 Å². The number of aliphatic hydroxyl groups excluding tert-OH is 1. The molecule has 5 heteroatoms. The zero-order valence-corrected chi connectivity index (χ0v) is 14.8. The van der Waals surface area contributed by atoms with E-state index in [1.807, 2.05) is 49.4 Å². The lowest BCUT2D eigenvalue weighted by Crippen LogP contribution is -2.26. The third-order valence-electron chi connectivity index (χ3n) is 2.96. The molecule has 1 atom stereocenters. The van der Waals surface area contributed by atoms with Crippen LogP contribution in [0.2, 0.25) is 0 Å². The van der Waals surface area contributed by atoms with Gasteiger partial charge in [0.05, 0.1) is 0 Å². The number of halogens is 2. The summed E-state index contributed by atoms with van der Waals surface area (Å²) in [4.78, 5) is 0. The second-order valence-corrected chi connectivity index (χ2v) is 6.45. The minimum atomic E-state index is -0.587. The SMILES string of the molecule is Cc1cccc(NCC(O)COc2cccc(Br)c2)c1Br. The summed E-state index contributed by atoms with van der Waals surface area (Å²) in [7, 11) is 0. The van der Waals surface area contributed by atoms with Crippen LogP contribution in [0.1, 0.15) is 5.56 Å². The molecule has 0 aliphatic heterocycles. The Balaban J connectivity index is 1.82. The molecule has 0 heterocycles. The van der Waals surface area contributed by atoms with E-state index < -0.39 is 6.10 Å². The van der Waals surface area contributed by atoms with E-state index in [0.717, 1.165) is 25.9 Å². The zero-order valence-electron chi connectivity index (χ0n) is 11.6. The van der Waals surface area contributed by atoms with Crippen LogP contribution in [0.25, 0.3) is 0 Å². The van der Waals surface area contributed by atoms with Crippen molar-refractivity contribution < 1.29 is 9.84 Å². The molecule has 0 aromatic heterocycles. The molecule has 21 heavy (non-hydrogen) atoms. The molecule has 0 radical (unpaired) electrons. The Hall–Kier alpha value is -1.04. The van der Waals surface area contributed by atoms with Gasteiger partial charge in [0.15, 0.2) is 0 Å². The largest absolute Gasteiger partial charge is 0.491 e. The average Bonchev–Trinajstić information content (AvgIpc) is 2.47. The smallest absolute Gasteiger partial charge is 0.120 e. The summed E-state index contributed by atoms with van der Waals surface area (Å²) in [5.74, 6) is 0.736. The maximum absolute atomic E-state index is 9.99. The van der Waals surface area contributed by atoms with E-state index in [-0.39, 0.29) is 6.61 Å². The average molecular weight is 415 g/mol. The summed E-state index contributed by atoms with van der Waals surface area (Å²) >= 11 is 6.92. The molecule has 0 saturated heterocycles. The van der Waals surface area contributed by atoms with Crippen molar-refractivity contribution in [1.29, 1.82) is 0 Å². The highest BCUT2D eigenvalue weighted by molar-refractivity contribution is 9.11. The second kappa shape index (κ2) is 7.82. The lowest BCUT2D eigenvalue weighted by atomic mass is 10.2. The Morgan fingerprint density at radius 2 is 1.95 bits per heavy atom. The number of aryl methyl sites for hydroxylation is 1. The van der Waals surface area contributed by atoms with Gasteiger partial charge in [0.2, 0.25) is 0 Å². The normalized spacial score (nSPS) is 12.0. The van der Waals surface area contributed by atoms with Gasteiger partial charge in [-0.3, -0.25) is 0 Å². The van der Waals surface area contributed by atoms with Crippen molar-refractivity contribution in [1.82, 2.24) is 0 Å². The number of hydrogen-bond donors (Lipinski definition) is 2. The van der Waals surface area contributed by atoms with E-state index in [0.29, 0.717) is 6.54 Å². The summed E-state index contributed by atoms with van der Waals surface area (Å²) in [5, 5.41) is 13.2. The van der Waals surface area contributed by atoms with Gasteiger partial charge in [-0.2, -0.15) is 0 Å². The molecule has 0 amide bonds. The number of anilines is 1. The second-order valence-electron chi connectivity index (χ2n) is 4.74. The van der Waals surface area contributed by atoms with Crippen molar-refractivity contribution in [3.8, 4) is 5.75 Å². The molecular weight excluding hydrogens is 398 g/mol. The van der Waals surface area contributed by atoms with E-state index in [9.17, 15) is 5.11 Å². The highest BCUT2D eigenvalue weighted by Gasteiger charge is 2.07. The summed E-state index contributed by atoms with van der Waals surface area (Å²) < 4.78 is 7.53. The number of rotatable bonds is 6. The summed E-state index contributed by atoms with van der Waals surface area (Å²) in [6, 6.07) is 13.5. The standard InChI is InChI=1S/C16H17Br2NO2/c1-11-4-2-7-15(16(11)18)19-9-13(20)10-21-14-6-3-5-12(17)8-14/h2-8,13,19-20H,9-10H2,1H3. The molecule has 2 aromatic rings. The van der Waals surface area contributed by atoms with Crippen LogP contribution in [0.4, 0.5) is 5.69 Å². The first-order chi connectivity index (χ1) is 10.1. The van der Waals surface area contributed by atoms with Crippen molar-refractivity contribution in [3.63, 3.8) is 0 Å². The van der Waals surface area contributed by atoms with Crippen molar-refractivity contribution in [2.75, 3.05) is 18.5 Å². The van der Waals surface area contributed by atoms with Crippen LogP contribution >= 0.6 is 31.9 Å². The third kappa shape index (κ3) is 5.02. The summed E-state index contributed by atoms with van der Waals surface area (Å²) in [6.07, 6.45) is -0.587. The molecule has 0 aliphatic rings. The monoisotopic (exact) mass is 413 g/mol. The van der Waals surface area contributed by atoms with Gasteiger partial charge in [0, 0.05) is 21.2 Å². The van der Waals surface area contributed by atoms with Gasteiger partial charge in [-0.15, -0.1) is 0 Å². The van der Waals surface area contributed by atoms with Gasteiger partial charge in [0.25, 0.3) is 0 Å². The Morgan fingerprint density at radius 3 is 2.71 bits per heavy atom. The number of hydrogen-bond acceptors (Lipinski definition) is 3. The minimum Gasteiger partial charge on any atom is -0.491 e. The van der Waals surface area contributed by atoms with E-state index in [1.54, 1.807) is 0 Å². The lowest BCUT2D eigenvalue weighted by molar-refractivity contribution is 0.117. The first kappa shape index (κ1) is 16.3. The molecule has 112 valence electrons. The first-order valence-corrected chi connectivity index (χ1v) is 8.20. The van der Waals surface area contributed by atoms with Crippen LogP contribution in [-0.4, -0.2) is 24.4 Å².